The maximum Gasteiger partial charge on any atom is 0.212 e. The minimum atomic E-state index is 0. The first-order valence-corrected chi connectivity index (χ1v) is 5.37. The molecule has 0 amide bonds. The average molecular weight is 259 g/mol. The van der Waals surface area contributed by atoms with E-state index in [9.17, 15) is 0 Å². The van der Waals surface area contributed by atoms with Crippen molar-refractivity contribution < 1.29 is 34.7 Å². The van der Waals surface area contributed by atoms with Crippen LogP contribution in [0.4, 0.5) is 0 Å². The highest BCUT2D eigenvalue weighted by atomic mass is 35.5. The smallest absolute Gasteiger partial charge is 0.212 e. The molecule has 1 fully saturated rings. The van der Waals surface area contributed by atoms with Gasteiger partial charge in [0.25, 0.3) is 0 Å². The second-order valence-corrected chi connectivity index (χ2v) is 4.42. The molecule has 1 aromatic heterocycles. The summed E-state index contributed by atoms with van der Waals surface area (Å²) in [5.74, 6) is 0.762. The molecule has 88 valence electrons. The summed E-state index contributed by atoms with van der Waals surface area (Å²) >= 11 is 0. The zero-order valence-corrected chi connectivity index (χ0v) is 10.7. The molecule has 16 heavy (non-hydrogen) atoms. The van der Waals surface area contributed by atoms with Crippen molar-refractivity contribution in [2.75, 3.05) is 13.6 Å². The van der Waals surface area contributed by atoms with E-state index in [1.54, 1.807) is 4.90 Å². The molecule has 3 atom stereocenters. The first kappa shape index (κ1) is 13.5. The molecule has 0 spiro atoms. The normalized spacial score (nSPS) is 29.7. The lowest BCUT2D eigenvalue weighted by Crippen LogP contribution is -3.07. The Hall–Kier alpha value is -0.570. The molecule has 3 unspecified atom stereocenters. The van der Waals surface area contributed by atoms with Gasteiger partial charge in [-0.25, -0.2) is 4.98 Å². The summed E-state index contributed by atoms with van der Waals surface area (Å²) in [6, 6.07) is 5.06. The molecule has 0 bridgehead atoms. The van der Waals surface area contributed by atoms with Gasteiger partial charge in [0.15, 0.2) is 6.20 Å². The largest absolute Gasteiger partial charge is 1.00 e. The van der Waals surface area contributed by atoms with Crippen molar-refractivity contribution in [3.8, 4) is 0 Å². The number of hydrogen-bond acceptors (Lipinski definition) is 0. The number of hydrogen-bond donors (Lipinski definition) is 1. The third kappa shape index (κ3) is 1.97. The summed E-state index contributed by atoms with van der Waals surface area (Å²) in [6.45, 7) is 1.30. The van der Waals surface area contributed by atoms with Crippen molar-refractivity contribution in [2.24, 2.45) is 5.92 Å². The lowest BCUT2D eigenvalue weighted by Gasteiger charge is -2.22. The number of nitrogens with one attached hydrogen (secondary N) is 2. The Balaban J connectivity index is 0.000000640. The van der Waals surface area contributed by atoms with Crippen LogP contribution in [0.5, 0.6) is 0 Å². The molecular formula is C12H16Cl2N2. The van der Waals surface area contributed by atoms with E-state index in [1.165, 1.54) is 24.2 Å². The van der Waals surface area contributed by atoms with Gasteiger partial charge in [0.05, 0.1) is 19.2 Å². The Morgan fingerprint density at radius 2 is 2.19 bits per heavy atom. The first-order chi connectivity index (χ1) is 6.86. The maximum absolute atomic E-state index is 3.32. The van der Waals surface area contributed by atoms with Crippen LogP contribution < -0.4 is 34.7 Å². The lowest BCUT2D eigenvalue weighted by molar-refractivity contribution is -0.900. The Morgan fingerprint density at radius 1 is 1.38 bits per heavy atom. The van der Waals surface area contributed by atoms with Gasteiger partial charge in [-0.1, -0.05) is 6.08 Å². The Morgan fingerprint density at radius 3 is 3.00 bits per heavy atom. The van der Waals surface area contributed by atoms with Gasteiger partial charge in [-0.05, 0) is 6.07 Å². The second kappa shape index (κ2) is 5.17. The molecule has 1 saturated heterocycles. The number of fused-ring (bicyclic) bond motifs is 3. The number of pyridine rings is 1. The van der Waals surface area contributed by atoms with E-state index in [0.717, 1.165) is 5.92 Å². The molecule has 1 aliphatic heterocycles. The van der Waals surface area contributed by atoms with Crippen molar-refractivity contribution in [1.29, 1.82) is 0 Å². The third-order valence-electron chi connectivity index (χ3n) is 3.60. The van der Waals surface area contributed by atoms with Gasteiger partial charge in [0.1, 0.15) is 6.04 Å². The number of H-pyrrole nitrogens is 1. The van der Waals surface area contributed by atoms with Gasteiger partial charge in [-0.3, -0.25) is 0 Å². The van der Waals surface area contributed by atoms with Crippen molar-refractivity contribution in [3.05, 3.63) is 35.7 Å². The van der Waals surface area contributed by atoms with Gasteiger partial charge in [-0.2, -0.15) is 0 Å². The molecule has 0 saturated carbocycles. The fourth-order valence-electron chi connectivity index (χ4n) is 2.88. The molecule has 2 nitrogen and oxygen atoms in total. The van der Waals surface area contributed by atoms with E-state index in [0.29, 0.717) is 6.04 Å². The Kier molecular flexibility index (Phi) is 4.36. The van der Waals surface area contributed by atoms with Crippen LogP contribution in [0.15, 0.2) is 24.4 Å². The summed E-state index contributed by atoms with van der Waals surface area (Å²) in [4.78, 5) is 4.97. The molecule has 2 heterocycles. The topological polar surface area (TPSA) is 18.6 Å². The van der Waals surface area contributed by atoms with Crippen molar-refractivity contribution in [3.63, 3.8) is 0 Å². The minimum absolute atomic E-state index is 0. The predicted molar refractivity (Wildman–Crippen MR) is 54.6 cm³/mol. The standard InChI is InChI=1S/C12H14N2.2ClH/c1-14-8-6-9-4-5-11-10(12(9)14)3-2-7-13-11;;/h2-5,7,9,12H,6,8H2,1H3;2*1H. The summed E-state index contributed by atoms with van der Waals surface area (Å²) in [5, 5.41) is 0. The highest BCUT2D eigenvalue weighted by molar-refractivity contribution is 5.51. The molecule has 4 heteroatoms. The second-order valence-electron chi connectivity index (χ2n) is 4.42. The number of quaternary nitrogens is 1. The Bertz CT molecular complexity index is 392. The van der Waals surface area contributed by atoms with Crippen LogP contribution in [-0.2, 0) is 0 Å². The van der Waals surface area contributed by atoms with Crippen LogP contribution >= 0.6 is 0 Å². The van der Waals surface area contributed by atoms with Crippen LogP contribution in [0, 0.1) is 5.92 Å². The van der Waals surface area contributed by atoms with Crippen LogP contribution in [0.1, 0.15) is 23.7 Å². The van der Waals surface area contributed by atoms with Gasteiger partial charge in [0.2, 0.25) is 5.69 Å². The number of aromatic amines is 1. The highest BCUT2D eigenvalue weighted by Gasteiger charge is 2.40. The molecule has 2 aliphatic rings. The average Bonchev–Trinajstić information content (AvgIpc) is 2.61. The van der Waals surface area contributed by atoms with Crippen molar-refractivity contribution in [1.82, 2.24) is 0 Å². The molecular weight excluding hydrogens is 243 g/mol. The van der Waals surface area contributed by atoms with Gasteiger partial charge < -0.3 is 29.7 Å². The van der Waals surface area contributed by atoms with Crippen LogP contribution in [0.25, 0.3) is 6.08 Å². The number of likely N-dealkylation sites (tertiary alicyclic amines) is 1. The molecule has 3 rings (SSSR count). The van der Waals surface area contributed by atoms with E-state index in [4.69, 9.17) is 0 Å². The highest BCUT2D eigenvalue weighted by Crippen LogP contribution is 2.32. The van der Waals surface area contributed by atoms with Crippen LogP contribution in [-0.4, -0.2) is 13.6 Å². The predicted octanol–water partition coefficient (Wildman–Crippen LogP) is -5.89. The minimum Gasteiger partial charge on any atom is -1.00 e. The Labute approximate surface area is 109 Å². The van der Waals surface area contributed by atoms with Crippen LogP contribution in [0.2, 0.25) is 0 Å². The van der Waals surface area contributed by atoms with Gasteiger partial charge in [-0.15, -0.1) is 0 Å². The van der Waals surface area contributed by atoms with Crippen LogP contribution in [0.3, 0.4) is 0 Å². The number of aromatic nitrogens is 1. The quantitative estimate of drug-likeness (QED) is 0.478. The van der Waals surface area contributed by atoms with Crippen molar-refractivity contribution >= 4 is 6.08 Å². The SMILES string of the molecule is C[NH+]1CCC2C=Cc3[nH+]cccc3C21.[Cl-].[Cl-]. The monoisotopic (exact) mass is 258 g/mol. The number of rotatable bonds is 0. The van der Waals surface area contributed by atoms with E-state index < -0.39 is 0 Å². The van der Waals surface area contributed by atoms with Gasteiger partial charge >= 0.3 is 0 Å². The summed E-state index contributed by atoms with van der Waals surface area (Å²) in [6.07, 6.45) is 7.96. The number of halogens is 2. The summed E-state index contributed by atoms with van der Waals surface area (Å²) < 4.78 is 0. The van der Waals surface area contributed by atoms with E-state index in [1.807, 2.05) is 6.20 Å². The third-order valence-corrected chi connectivity index (χ3v) is 3.60. The summed E-state index contributed by atoms with van der Waals surface area (Å²) in [5.41, 5.74) is 2.80. The molecule has 0 radical (unpaired) electrons. The first-order valence-electron chi connectivity index (χ1n) is 5.37. The molecule has 0 aromatic carbocycles. The zero-order valence-electron chi connectivity index (χ0n) is 9.21. The molecule has 1 aromatic rings. The van der Waals surface area contributed by atoms with E-state index in [-0.39, 0.29) is 24.8 Å². The van der Waals surface area contributed by atoms with E-state index in [2.05, 4.69) is 36.3 Å². The van der Waals surface area contributed by atoms with Crippen molar-refractivity contribution in [2.45, 2.75) is 12.5 Å². The fourth-order valence-corrected chi connectivity index (χ4v) is 2.88. The van der Waals surface area contributed by atoms with E-state index >= 15 is 0 Å². The fraction of sp³-hybridized carbons (Fsp3) is 0.417. The maximum atomic E-state index is 3.32. The lowest BCUT2D eigenvalue weighted by atomic mass is 9.88. The molecule has 1 aliphatic carbocycles. The zero-order chi connectivity index (χ0) is 9.54. The van der Waals surface area contributed by atoms with Gasteiger partial charge in [0, 0.05) is 24.5 Å². The molecule has 2 N–H and O–H groups in total. The summed E-state index contributed by atoms with van der Waals surface area (Å²) in [7, 11) is 2.31.